The fourth-order valence-electron chi connectivity index (χ4n) is 2.31. The van der Waals surface area contributed by atoms with Crippen LogP contribution in [0.5, 0.6) is 11.5 Å². The third-order valence-corrected chi connectivity index (χ3v) is 4.94. The smallest absolute Gasteiger partial charge is 0.372 e. The first-order chi connectivity index (χ1) is 15.0. The Kier molecular flexibility index (Phi) is 10.3. The molecule has 164 valence electrons. The number of thiazole rings is 1. The lowest BCUT2D eigenvalue weighted by Gasteiger charge is -2.09. The number of carbonyl (C=O) groups is 2. The molecule has 0 aliphatic heterocycles. The predicted octanol–water partition coefficient (Wildman–Crippen LogP) is 6.49. The molecule has 0 spiro atoms. The number of hydrogen-bond acceptors (Lipinski definition) is 6. The van der Waals surface area contributed by atoms with Gasteiger partial charge in [0.15, 0.2) is 0 Å². The molecular weight excluding hydrogens is 459 g/mol. The van der Waals surface area contributed by atoms with Crippen molar-refractivity contribution in [2.45, 2.75) is 26.7 Å². The van der Waals surface area contributed by atoms with E-state index in [1.807, 2.05) is 13.8 Å². The van der Waals surface area contributed by atoms with E-state index in [0.29, 0.717) is 40.3 Å². The molecule has 0 aliphatic carbocycles. The van der Waals surface area contributed by atoms with Gasteiger partial charge >= 0.3 is 5.97 Å². The minimum Gasteiger partial charge on any atom is -0.492 e. The van der Waals surface area contributed by atoms with E-state index >= 15 is 0 Å². The minimum absolute atomic E-state index is 0.150. The van der Waals surface area contributed by atoms with Crippen molar-refractivity contribution in [3.63, 3.8) is 0 Å². The van der Waals surface area contributed by atoms with Crippen molar-refractivity contribution >= 4 is 52.1 Å². The lowest BCUT2D eigenvalue weighted by molar-refractivity contribution is -0.116. The highest BCUT2D eigenvalue weighted by Crippen LogP contribution is 2.27. The number of ether oxygens (including phenoxy) is 2. The normalized spacial score (nSPS) is 9.94. The molecule has 3 aromatic rings. The first kappa shape index (κ1) is 24.7. The molecule has 3 rings (SSSR count). The second-order valence-corrected chi connectivity index (χ2v) is 7.56. The number of nitrogens with one attached hydrogen (secondary N) is 1. The molecule has 0 bridgehead atoms. The highest BCUT2D eigenvalue weighted by atomic mass is 35.5. The second kappa shape index (κ2) is 12.9. The SMILES string of the molecule is CC.O=C(CCCOc1ccc(Cl)cc1Cl)Nc1ccc(OC(=O)c2nccs2)cc1. The molecule has 0 fully saturated rings. The predicted molar refractivity (Wildman–Crippen MR) is 125 cm³/mol. The quantitative estimate of drug-likeness (QED) is 0.226. The molecule has 0 radical (unpaired) electrons. The van der Waals surface area contributed by atoms with Crippen molar-refractivity contribution in [1.82, 2.24) is 4.98 Å². The fourth-order valence-corrected chi connectivity index (χ4v) is 3.29. The lowest BCUT2D eigenvalue weighted by atomic mass is 10.2. The Morgan fingerprint density at radius 2 is 1.84 bits per heavy atom. The van der Waals surface area contributed by atoms with Crippen LogP contribution in [0.25, 0.3) is 0 Å². The summed E-state index contributed by atoms with van der Waals surface area (Å²) in [4.78, 5) is 27.8. The number of carbonyl (C=O) groups excluding carboxylic acids is 2. The van der Waals surface area contributed by atoms with E-state index in [-0.39, 0.29) is 17.3 Å². The summed E-state index contributed by atoms with van der Waals surface area (Å²) in [6.45, 7) is 4.35. The lowest BCUT2D eigenvalue weighted by Crippen LogP contribution is -2.13. The summed E-state index contributed by atoms with van der Waals surface area (Å²) in [7, 11) is 0. The molecule has 0 unspecified atom stereocenters. The van der Waals surface area contributed by atoms with Crippen molar-refractivity contribution < 1.29 is 19.1 Å². The number of amides is 1. The minimum atomic E-state index is -0.516. The van der Waals surface area contributed by atoms with Gasteiger partial charge in [-0.25, -0.2) is 9.78 Å². The van der Waals surface area contributed by atoms with E-state index < -0.39 is 5.97 Å². The number of hydrogen-bond donors (Lipinski definition) is 1. The molecular formula is C22H22Cl2N2O4S. The van der Waals surface area contributed by atoms with Crippen LogP contribution in [-0.2, 0) is 4.79 Å². The number of rotatable bonds is 8. The molecule has 6 nitrogen and oxygen atoms in total. The summed E-state index contributed by atoms with van der Waals surface area (Å²) >= 11 is 13.1. The maximum absolute atomic E-state index is 12.1. The van der Waals surface area contributed by atoms with Gasteiger partial charge in [-0.3, -0.25) is 4.79 Å². The topological polar surface area (TPSA) is 77.5 Å². The molecule has 0 saturated heterocycles. The third kappa shape index (κ3) is 8.20. The summed E-state index contributed by atoms with van der Waals surface area (Å²) in [5.41, 5.74) is 0.603. The Morgan fingerprint density at radius 1 is 1.10 bits per heavy atom. The number of aromatic nitrogens is 1. The van der Waals surface area contributed by atoms with Crippen LogP contribution in [0.15, 0.2) is 54.0 Å². The Morgan fingerprint density at radius 3 is 2.48 bits per heavy atom. The van der Waals surface area contributed by atoms with Crippen molar-refractivity contribution in [3.8, 4) is 11.5 Å². The van der Waals surface area contributed by atoms with Gasteiger partial charge in [-0.15, -0.1) is 11.3 Å². The fraction of sp³-hybridized carbons (Fsp3) is 0.227. The van der Waals surface area contributed by atoms with Crippen LogP contribution in [-0.4, -0.2) is 23.5 Å². The Labute approximate surface area is 195 Å². The van der Waals surface area contributed by atoms with Gasteiger partial charge in [0.05, 0.1) is 11.6 Å². The van der Waals surface area contributed by atoms with Gasteiger partial charge in [-0.2, -0.15) is 0 Å². The maximum atomic E-state index is 12.1. The van der Waals surface area contributed by atoms with E-state index in [1.165, 1.54) is 17.5 Å². The van der Waals surface area contributed by atoms with Crippen LogP contribution >= 0.6 is 34.5 Å². The van der Waals surface area contributed by atoms with Crippen molar-refractivity contribution in [2.24, 2.45) is 0 Å². The van der Waals surface area contributed by atoms with Crippen LogP contribution in [0.3, 0.4) is 0 Å². The second-order valence-electron chi connectivity index (χ2n) is 5.83. The summed E-state index contributed by atoms with van der Waals surface area (Å²) in [5.74, 6) is 0.233. The Bertz CT molecular complexity index is 980. The molecule has 0 atom stereocenters. The molecule has 0 aliphatic rings. The number of nitrogens with zero attached hydrogens (tertiary/aromatic N) is 1. The number of esters is 1. The molecule has 1 heterocycles. The van der Waals surface area contributed by atoms with E-state index in [9.17, 15) is 9.59 Å². The standard InChI is InChI=1S/C20H16Cl2N2O4S.C2H6/c21-13-3-8-17(16(22)12-13)27-10-1-2-18(25)24-14-4-6-15(7-5-14)28-20(26)19-23-9-11-29-19;1-2/h3-9,11-12H,1-2,10H2,(H,24,25);1-2H3. The number of halogens is 2. The third-order valence-electron chi connectivity index (χ3n) is 3.66. The van der Waals surface area contributed by atoms with Crippen LogP contribution in [0.4, 0.5) is 5.69 Å². The zero-order chi connectivity index (χ0) is 22.6. The average Bonchev–Trinajstić information content (AvgIpc) is 3.30. The van der Waals surface area contributed by atoms with Gasteiger partial charge in [-0.05, 0) is 48.9 Å². The molecule has 1 amide bonds. The summed E-state index contributed by atoms with van der Waals surface area (Å²) in [6, 6.07) is 11.5. The van der Waals surface area contributed by atoms with Crippen LogP contribution < -0.4 is 14.8 Å². The van der Waals surface area contributed by atoms with E-state index in [0.717, 1.165) is 0 Å². The molecule has 1 aromatic heterocycles. The first-order valence-electron chi connectivity index (χ1n) is 9.61. The molecule has 2 aromatic carbocycles. The van der Waals surface area contributed by atoms with Gasteiger partial charge in [0.2, 0.25) is 10.9 Å². The highest BCUT2D eigenvalue weighted by molar-refractivity contribution is 7.11. The average molecular weight is 481 g/mol. The number of anilines is 1. The zero-order valence-corrected chi connectivity index (χ0v) is 19.4. The van der Waals surface area contributed by atoms with E-state index in [1.54, 1.807) is 47.8 Å². The number of benzene rings is 2. The highest BCUT2D eigenvalue weighted by Gasteiger charge is 2.11. The Balaban J connectivity index is 0.00000166. The monoisotopic (exact) mass is 480 g/mol. The molecule has 31 heavy (non-hydrogen) atoms. The largest absolute Gasteiger partial charge is 0.492 e. The summed E-state index contributed by atoms with van der Waals surface area (Å²) in [5, 5.41) is 5.72. The first-order valence-corrected chi connectivity index (χ1v) is 11.2. The molecule has 9 heteroatoms. The maximum Gasteiger partial charge on any atom is 0.372 e. The van der Waals surface area contributed by atoms with E-state index in [4.69, 9.17) is 32.7 Å². The van der Waals surface area contributed by atoms with Gasteiger partial charge in [0.1, 0.15) is 11.5 Å². The zero-order valence-electron chi connectivity index (χ0n) is 17.1. The van der Waals surface area contributed by atoms with Crippen molar-refractivity contribution in [3.05, 3.63) is 69.1 Å². The van der Waals surface area contributed by atoms with Gasteiger partial charge in [-0.1, -0.05) is 37.0 Å². The van der Waals surface area contributed by atoms with Gasteiger partial charge in [0.25, 0.3) is 0 Å². The van der Waals surface area contributed by atoms with Crippen molar-refractivity contribution in [2.75, 3.05) is 11.9 Å². The van der Waals surface area contributed by atoms with Crippen LogP contribution in [0.1, 0.15) is 36.5 Å². The van der Waals surface area contributed by atoms with Gasteiger partial charge < -0.3 is 14.8 Å². The molecule has 1 N–H and O–H groups in total. The molecule has 0 saturated carbocycles. The Hall–Kier alpha value is -2.61. The van der Waals surface area contributed by atoms with Crippen molar-refractivity contribution in [1.29, 1.82) is 0 Å². The van der Waals surface area contributed by atoms with E-state index in [2.05, 4.69) is 10.3 Å². The summed E-state index contributed by atoms with van der Waals surface area (Å²) < 4.78 is 10.8. The van der Waals surface area contributed by atoms with Crippen LogP contribution in [0, 0.1) is 0 Å². The summed E-state index contributed by atoms with van der Waals surface area (Å²) in [6.07, 6.45) is 2.34. The van der Waals surface area contributed by atoms with Gasteiger partial charge in [0, 0.05) is 28.7 Å². The van der Waals surface area contributed by atoms with Crippen LogP contribution in [0.2, 0.25) is 10.0 Å².